The maximum absolute atomic E-state index is 12.1. The Balaban J connectivity index is 2.44. The maximum Gasteiger partial charge on any atom is 0.239 e. The quantitative estimate of drug-likeness (QED) is 0.784. The van der Waals surface area contributed by atoms with Gasteiger partial charge in [0.2, 0.25) is 11.8 Å². The Hall–Kier alpha value is -1.49. The van der Waals surface area contributed by atoms with Crippen LogP contribution in [0.2, 0.25) is 0 Å². The van der Waals surface area contributed by atoms with E-state index in [2.05, 4.69) is 5.32 Å². The molecular weight excluding hydrogens is 272 g/mol. The minimum atomic E-state index is -0.111. The lowest BCUT2D eigenvalue weighted by molar-refractivity contribution is -0.134. The van der Waals surface area contributed by atoms with Crippen LogP contribution in [0.1, 0.15) is 20.8 Å². The van der Waals surface area contributed by atoms with E-state index in [1.54, 1.807) is 4.90 Å². The average Bonchev–Trinajstić information content (AvgIpc) is 2.42. The summed E-state index contributed by atoms with van der Waals surface area (Å²) in [4.78, 5) is 26.4. The van der Waals surface area contributed by atoms with Crippen LogP contribution in [0.4, 0.5) is 0 Å². The van der Waals surface area contributed by atoms with Crippen molar-refractivity contribution in [2.24, 2.45) is 0 Å². The molecular formula is C15H22N2O2S. The van der Waals surface area contributed by atoms with E-state index in [4.69, 9.17) is 0 Å². The summed E-state index contributed by atoms with van der Waals surface area (Å²) in [5.74, 6) is 0.229. The van der Waals surface area contributed by atoms with Crippen LogP contribution in [0.15, 0.2) is 35.2 Å². The predicted molar refractivity (Wildman–Crippen MR) is 82.7 cm³/mol. The number of nitrogens with zero attached hydrogens (tertiary/aromatic N) is 1. The van der Waals surface area contributed by atoms with Crippen LogP contribution >= 0.6 is 11.8 Å². The van der Waals surface area contributed by atoms with Gasteiger partial charge < -0.3 is 10.2 Å². The molecule has 0 spiro atoms. The monoisotopic (exact) mass is 294 g/mol. The van der Waals surface area contributed by atoms with Crippen molar-refractivity contribution >= 4 is 23.6 Å². The van der Waals surface area contributed by atoms with Gasteiger partial charge in [0.1, 0.15) is 0 Å². The Morgan fingerprint density at radius 1 is 1.25 bits per heavy atom. The van der Waals surface area contributed by atoms with Gasteiger partial charge in [-0.1, -0.05) is 18.2 Å². The second-order valence-electron chi connectivity index (χ2n) is 4.73. The van der Waals surface area contributed by atoms with Crippen LogP contribution in [0.3, 0.4) is 0 Å². The Labute approximate surface area is 124 Å². The van der Waals surface area contributed by atoms with Crippen molar-refractivity contribution in [1.82, 2.24) is 10.2 Å². The van der Waals surface area contributed by atoms with Gasteiger partial charge in [-0.25, -0.2) is 0 Å². The first-order chi connectivity index (χ1) is 9.52. The molecule has 0 atom stereocenters. The molecule has 0 bridgehead atoms. The Kier molecular flexibility index (Phi) is 7.15. The summed E-state index contributed by atoms with van der Waals surface area (Å²) in [6.07, 6.45) is 0. The minimum absolute atomic E-state index is 0.0136. The molecule has 0 aliphatic heterocycles. The van der Waals surface area contributed by atoms with Gasteiger partial charge in [0, 0.05) is 17.5 Å². The molecule has 0 aliphatic carbocycles. The van der Waals surface area contributed by atoms with Crippen LogP contribution in [0.5, 0.6) is 0 Å². The van der Waals surface area contributed by atoms with Crippen LogP contribution in [0, 0.1) is 0 Å². The highest BCUT2D eigenvalue weighted by atomic mass is 32.2. The number of thioether (sulfide) groups is 1. The molecule has 5 heteroatoms. The molecule has 1 aromatic carbocycles. The fraction of sp³-hybridized carbons (Fsp3) is 0.467. The Morgan fingerprint density at radius 2 is 1.90 bits per heavy atom. The molecule has 0 aliphatic rings. The second kappa shape index (κ2) is 8.64. The van der Waals surface area contributed by atoms with Crippen molar-refractivity contribution in [1.29, 1.82) is 0 Å². The van der Waals surface area contributed by atoms with Crippen molar-refractivity contribution in [2.75, 3.05) is 18.8 Å². The first kappa shape index (κ1) is 16.6. The van der Waals surface area contributed by atoms with Gasteiger partial charge in [-0.05, 0) is 32.9 Å². The molecule has 2 amide bonds. The second-order valence-corrected chi connectivity index (χ2v) is 5.78. The highest BCUT2D eigenvalue weighted by Gasteiger charge is 2.16. The number of rotatable bonds is 7. The van der Waals surface area contributed by atoms with Crippen molar-refractivity contribution < 1.29 is 9.59 Å². The lowest BCUT2D eigenvalue weighted by Crippen LogP contribution is -2.43. The third-order valence-electron chi connectivity index (χ3n) is 2.62. The van der Waals surface area contributed by atoms with Gasteiger partial charge in [-0.3, -0.25) is 9.59 Å². The van der Waals surface area contributed by atoms with E-state index in [0.717, 1.165) is 4.90 Å². The minimum Gasteiger partial charge on any atom is -0.352 e. The lowest BCUT2D eigenvalue weighted by atomic mass is 10.3. The van der Waals surface area contributed by atoms with Crippen molar-refractivity contribution in [3.05, 3.63) is 30.3 Å². The van der Waals surface area contributed by atoms with Gasteiger partial charge in [0.25, 0.3) is 0 Å². The van der Waals surface area contributed by atoms with Gasteiger partial charge in [0.15, 0.2) is 0 Å². The summed E-state index contributed by atoms with van der Waals surface area (Å²) in [7, 11) is 0. The zero-order valence-corrected chi connectivity index (χ0v) is 13.1. The molecule has 110 valence electrons. The van der Waals surface area contributed by atoms with E-state index >= 15 is 0 Å². The van der Waals surface area contributed by atoms with Gasteiger partial charge >= 0.3 is 0 Å². The van der Waals surface area contributed by atoms with E-state index in [1.807, 2.05) is 51.1 Å². The van der Waals surface area contributed by atoms with Crippen LogP contribution in [-0.2, 0) is 9.59 Å². The van der Waals surface area contributed by atoms with E-state index in [9.17, 15) is 9.59 Å². The molecule has 0 saturated carbocycles. The van der Waals surface area contributed by atoms with Crippen LogP contribution in [-0.4, -0.2) is 41.6 Å². The molecule has 0 radical (unpaired) electrons. The van der Waals surface area contributed by atoms with Crippen molar-refractivity contribution in [3.8, 4) is 0 Å². The molecule has 0 saturated heterocycles. The zero-order chi connectivity index (χ0) is 15.0. The fourth-order valence-corrected chi connectivity index (χ4v) is 2.49. The highest BCUT2D eigenvalue weighted by molar-refractivity contribution is 8.00. The Bertz CT molecular complexity index is 435. The van der Waals surface area contributed by atoms with Gasteiger partial charge in [-0.2, -0.15) is 0 Å². The molecule has 0 heterocycles. The number of benzene rings is 1. The van der Waals surface area contributed by atoms with Crippen molar-refractivity contribution in [3.63, 3.8) is 0 Å². The molecule has 0 fully saturated rings. The van der Waals surface area contributed by atoms with Gasteiger partial charge in [-0.15, -0.1) is 11.8 Å². The van der Waals surface area contributed by atoms with E-state index in [1.165, 1.54) is 11.8 Å². The molecule has 0 aromatic heterocycles. The largest absolute Gasteiger partial charge is 0.352 e. The van der Waals surface area contributed by atoms with Crippen molar-refractivity contribution in [2.45, 2.75) is 31.7 Å². The number of hydrogen-bond acceptors (Lipinski definition) is 3. The first-order valence-corrected chi connectivity index (χ1v) is 7.76. The summed E-state index contributed by atoms with van der Waals surface area (Å²) in [6, 6.07) is 9.87. The van der Waals surface area contributed by atoms with Crippen LogP contribution in [0.25, 0.3) is 0 Å². The summed E-state index contributed by atoms with van der Waals surface area (Å²) in [6.45, 7) is 6.36. The highest BCUT2D eigenvalue weighted by Crippen LogP contribution is 2.17. The third-order valence-corrected chi connectivity index (χ3v) is 3.62. The van der Waals surface area contributed by atoms with Gasteiger partial charge in [0.05, 0.1) is 12.3 Å². The molecule has 1 aromatic rings. The standard InChI is InChI=1S/C15H22N2O2S/c1-4-17(10-14(18)16-12(2)3)15(19)11-20-13-8-6-5-7-9-13/h5-9,12H,4,10-11H2,1-3H3,(H,16,18). The summed E-state index contributed by atoms with van der Waals surface area (Å²) >= 11 is 1.49. The molecule has 4 nitrogen and oxygen atoms in total. The number of carbonyl (C=O) groups is 2. The number of nitrogens with one attached hydrogen (secondary N) is 1. The number of hydrogen-bond donors (Lipinski definition) is 1. The topological polar surface area (TPSA) is 49.4 Å². The molecule has 20 heavy (non-hydrogen) atoms. The lowest BCUT2D eigenvalue weighted by Gasteiger charge is -2.21. The molecule has 1 N–H and O–H groups in total. The smallest absolute Gasteiger partial charge is 0.239 e. The number of amides is 2. The SMILES string of the molecule is CCN(CC(=O)NC(C)C)C(=O)CSc1ccccc1. The fourth-order valence-electron chi connectivity index (χ4n) is 1.67. The molecule has 0 unspecified atom stereocenters. The number of likely N-dealkylation sites (N-methyl/N-ethyl adjacent to an activating group) is 1. The summed E-state index contributed by atoms with van der Waals surface area (Å²) in [5.41, 5.74) is 0. The number of carbonyl (C=O) groups excluding carboxylic acids is 2. The van der Waals surface area contributed by atoms with E-state index in [0.29, 0.717) is 12.3 Å². The average molecular weight is 294 g/mol. The van der Waals surface area contributed by atoms with E-state index < -0.39 is 0 Å². The first-order valence-electron chi connectivity index (χ1n) is 6.78. The normalized spacial score (nSPS) is 10.4. The molecule has 1 rings (SSSR count). The predicted octanol–water partition coefficient (Wildman–Crippen LogP) is 2.15. The third kappa shape index (κ3) is 6.10. The Morgan fingerprint density at radius 3 is 2.45 bits per heavy atom. The summed E-state index contributed by atoms with van der Waals surface area (Å²) in [5, 5.41) is 2.80. The zero-order valence-electron chi connectivity index (χ0n) is 12.3. The van der Waals surface area contributed by atoms with Crippen LogP contribution < -0.4 is 5.32 Å². The summed E-state index contributed by atoms with van der Waals surface area (Å²) < 4.78 is 0. The van der Waals surface area contributed by atoms with E-state index in [-0.39, 0.29) is 24.4 Å². The maximum atomic E-state index is 12.1.